The van der Waals surface area contributed by atoms with Gasteiger partial charge in [-0.1, -0.05) is 132 Å². The first kappa shape index (κ1) is 47.8. The molecule has 2 aliphatic heterocycles. The van der Waals surface area contributed by atoms with Crippen LogP contribution in [0.1, 0.15) is 145 Å². The lowest BCUT2D eigenvalue weighted by Crippen LogP contribution is -2.45. The third-order valence-corrected chi connectivity index (χ3v) is 12.5. The topological polar surface area (TPSA) is 126 Å². The fourth-order valence-corrected chi connectivity index (χ4v) is 9.35. The van der Waals surface area contributed by atoms with E-state index in [0.29, 0.717) is 18.8 Å². The van der Waals surface area contributed by atoms with Crippen molar-refractivity contribution >= 4 is 29.5 Å². The molecule has 334 valence electrons. The van der Waals surface area contributed by atoms with Gasteiger partial charge in [-0.3, -0.25) is 9.59 Å². The number of allylic oxidation sites excluding steroid dienone is 3. The lowest BCUT2D eigenvalue weighted by molar-refractivity contribution is -0.140. The van der Waals surface area contributed by atoms with E-state index in [9.17, 15) is 19.2 Å². The molecule has 0 aromatic heterocycles. The van der Waals surface area contributed by atoms with Crippen LogP contribution in [0.15, 0.2) is 90.2 Å². The van der Waals surface area contributed by atoms with Crippen LogP contribution in [0, 0.1) is 0 Å². The van der Waals surface area contributed by atoms with E-state index in [2.05, 4.69) is 23.8 Å². The van der Waals surface area contributed by atoms with Crippen LogP contribution in [0.2, 0.25) is 0 Å². The third kappa shape index (κ3) is 11.8. The summed E-state index contributed by atoms with van der Waals surface area (Å²) in [6.07, 6.45) is 29.0. The van der Waals surface area contributed by atoms with Gasteiger partial charge in [-0.05, 0) is 84.9 Å². The van der Waals surface area contributed by atoms with E-state index in [0.717, 1.165) is 84.7 Å². The van der Waals surface area contributed by atoms with Crippen molar-refractivity contribution in [3.05, 3.63) is 107 Å². The Morgan fingerprint density at radius 2 is 1.10 bits per heavy atom. The monoisotopic (exact) mass is 847 g/mol. The van der Waals surface area contributed by atoms with E-state index in [4.69, 9.17) is 14.6 Å². The van der Waals surface area contributed by atoms with Gasteiger partial charge in [0.1, 0.15) is 0 Å². The van der Waals surface area contributed by atoms with E-state index < -0.39 is 23.4 Å². The molecule has 1 spiro atoms. The van der Waals surface area contributed by atoms with Crippen molar-refractivity contribution in [1.29, 1.82) is 0 Å². The Labute approximate surface area is 370 Å². The minimum atomic E-state index is -1.28. The highest BCUT2D eigenvalue weighted by atomic mass is 16.5. The number of nitrogens with zero attached hydrogens (tertiary/aromatic N) is 2. The summed E-state index contributed by atoms with van der Waals surface area (Å²) in [5.41, 5.74) is 4.27. The fourth-order valence-electron chi connectivity index (χ4n) is 9.35. The molecule has 2 aromatic rings. The van der Waals surface area contributed by atoms with Gasteiger partial charge in [0.05, 0.1) is 49.8 Å². The number of rotatable bonds is 28. The quantitative estimate of drug-likeness (QED) is 0.0496. The van der Waals surface area contributed by atoms with Crippen molar-refractivity contribution in [3.8, 4) is 11.1 Å². The highest BCUT2D eigenvalue weighted by molar-refractivity contribution is 6.08. The summed E-state index contributed by atoms with van der Waals surface area (Å²) in [7, 11) is 2.58. The second kappa shape index (κ2) is 24.4. The van der Waals surface area contributed by atoms with Gasteiger partial charge in [-0.2, -0.15) is 5.10 Å². The molecule has 0 radical (unpaired) electrons. The molecule has 2 N–H and O–H groups in total. The molecule has 3 aliphatic rings. The smallest absolute Gasteiger partial charge is 0.356 e. The Morgan fingerprint density at radius 3 is 1.53 bits per heavy atom. The van der Waals surface area contributed by atoms with E-state index in [-0.39, 0.29) is 35.9 Å². The summed E-state index contributed by atoms with van der Waals surface area (Å²) in [5.74, 6) is -1.56. The van der Waals surface area contributed by atoms with Crippen molar-refractivity contribution in [1.82, 2.24) is 15.6 Å². The molecule has 1 atom stereocenters. The van der Waals surface area contributed by atoms with E-state index in [1.807, 2.05) is 67.6 Å². The molecule has 2 heterocycles. The molecule has 1 unspecified atom stereocenters. The summed E-state index contributed by atoms with van der Waals surface area (Å²) < 4.78 is 10.8. The lowest BCUT2D eigenvalue weighted by atomic mass is 9.67. The predicted octanol–water partition coefficient (Wildman–Crippen LogP) is 9.89. The van der Waals surface area contributed by atoms with Gasteiger partial charge in [-0.15, -0.1) is 13.2 Å². The number of methoxy groups -OCH3 is 2. The van der Waals surface area contributed by atoms with Crippen molar-refractivity contribution in [2.45, 2.75) is 147 Å². The maximum atomic E-state index is 14.2. The standard InChI is InChI=1S/C52H70N4O6/c1-6-8-10-12-14-16-18-20-22-24-32-53-46(57)36-39-27-29-41-42-30-28-40(37-47(58)54-33-25-23-21-19-17-15-13-11-9-7-2)35-44(42)52(43(41)34-39)45-31-26-38(3)55-56(45)49(51(60)62-5)48(52)50(59)61-4/h6-7,26-31,34-35,45H,1-2,8-25,32-33,36-37H2,3-5H3,(H,53,57)(H,54,58). The maximum Gasteiger partial charge on any atom is 0.356 e. The minimum absolute atomic E-state index is 0.00136. The number of unbranched alkanes of at least 4 members (excludes halogenated alkanes) is 16. The largest absolute Gasteiger partial charge is 0.466 e. The molecule has 0 saturated heterocycles. The first-order valence-electron chi connectivity index (χ1n) is 23.2. The molecule has 1 aliphatic carbocycles. The molecule has 10 heteroatoms. The number of esters is 2. The van der Waals surface area contributed by atoms with Crippen LogP contribution in [0.3, 0.4) is 0 Å². The number of fused-ring (bicyclic) bond motifs is 7. The number of hydrogen-bond acceptors (Lipinski definition) is 8. The van der Waals surface area contributed by atoms with Crippen LogP contribution in [0.25, 0.3) is 11.1 Å². The van der Waals surface area contributed by atoms with Crippen LogP contribution < -0.4 is 10.6 Å². The number of carbonyl (C=O) groups is 4. The number of benzene rings is 2. The molecular weight excluding hydrogens is 777 g/mol. The third-order valence-electron chi connectivity index (χ3n) is 12.5. The zero-order valence-electron chi connectivity index (χ0n) is 37.7. The second-order valence-corrected chi connectivity index (χ2v) is 17.0. The lowest BCUT2D eigenvalue weighted by Gasteiger charge is -2.37. The highest BCUT2D eigenvalue weighted by Crippen LogP contribution is 2.61. The van der Waals surface area contributed by atoms with Gasteiger partial charge >= 0.3 is 11.9 Å². The SMILES string of the molecule is C=CCCCCCCCCCCNC(=O)Cc1ccc2c(c1)C1(C(C(=O)OC)=C(C(=O)OC)N3N=C(C)C=CC31)c1cc(CC(=O)NCCCCCCCCCCC=C)ccc1-2. The number of amides is 2. The normalized spacial score (nSPS) is 15.4. The number of carbonyl (C=O) groups excluding carboxylic acids is 4. The summed E-state index contributed by atoms with van der Waals surface area (Å²) in [6.45, 7) is 10.6. The summed E-state index contributed by atoms with van der Waals surface area (Å²) in [6, 6.07) is 11.2. The minimum Gasteiger partial charge on any atom is -0.466 e. The summed E-state index contributed by atoms with van der Waals surface area (Å²) in [5, 5.41) is 12.6. The Morgan fingerprint density at radius 1 is 0.661 bits per heavy atom. The highest BCUT2D eigenvalue weighted by Gasteiger charge is 2.63. The Bertz CT molecular complexity index is 1900. The van der Waals surface area contributed by atoms with Gasteiger partial charge < -0.3 is 20.1 Å². The molecule has 0 fully saturated rings. The Balaban J connectivity index is 1.34. The number of nitrogens with one attached hydrogen (secondary N) is 2. The number of hydrogen-bond donors (Lipinski definition) is 2. The first-order valence-corrected chi connectivity index (χ1v) is 23.2. The van der Waals surface area contributed by atoms with Gasteiger partial charge in [0.15, 0.2) is 5.70 Å². The van der Waals surface area contributed by atoms with Crippen LogP contribution in [-0.2, 0) is 46.9 Å². The molecule has 0 bridgehead atoms. The molecule has 5 rings (SSSR count). The summed E-state index contributed by atoms with van der Waals surface area (Å²) >= 11 is 0. The van der Waals surface area contributed by atoms with Crippen LogP contribution in [-0.4, -0.2) is 67.8 Å². The van der Waals surface area contributed by atoms with E-state index in [1.165, 1.54) is 78.4 Å². The second-order valence-electron chi connectivity index (χ2n) is 17.0. The van der Waals surface area contributed by atoms with Crippen LogP contribution in [0.5, 0.6) is 0 Å². The molecule has 2 aromatic carbocycles. The van der Waals surface area contributed by atoms with Gasteiger partial charge in [0.25, 0.3) is 0 Å². The van der Waals surface area contributed by atoms with Gasteiger partial charge in [0.2, 0.25) is 11.8 Å². The molecule has 62 heavy (non-hydrogen) atoms. The molecule has 10 nitrogen and oxygen atoms in total. The fraction of sp³-hybridized carbons (Fsp3) is 0.519. The average molecular weight is 847 g/mol. The van der Waals surface area contributed by atoms with Crippen molar-refractivity contribution in [3.63, 3.8) is 0 Å². The Kier molecular flexibility index (Phi) is 18.8. The zero-order chi connectivity index (χ0) is 44.3. The maximum absolute atomic E-state index is 14.2. The first-order chi connectivity index (χ1) is 30.2. The molecular formula is C52H70N4O6. The van der Waals surface area contributed by atoms with E-state index in [1.54, 1.807) is 5.01 Å². The zero-order valence-corrected chi connectivity index (χ0v) is 37.7. The average Bonchev–Trinajstić information content (AvgIpc) is 3.72. The van der Waals surface area contributed by atoms with Crippen molar-refractivity contribution in [2.75, 3.05) is 27.3 Å². The Hall–Kier alpha value is -5.25. The molecule has 0 saturated carbocycles. The van der Waals surface area contributed by atoms with Gasteiger partial charge in [-0.25, -0.2) is 14.6 Å². The molecule has 2 amide bonds. The summed E-state index contributed by atoms with van der Waals surface area (Å²) in [4.78, 5) is 54.7. The van der Waals surface area contributed by atoms with Crippen LogP contribution in [0.4, 0.5) is 0 Å². The number of hydrazone groups is 1. The predicted molar refractivity (Wildman–Crippen MR) is 249 cm³/mol. The van der Waals surface area contributed by atoms with Crippen molar-refractivity contribution < 1.29 is 28.7 Å². The number of ether oxygens (including phenoxy) is 2. The van der Waals surface area contributed by atoms with E-state index >= 15 is 0 Å². The van der Waals surface area contributed by atoms with Crippen LogP contribution >= 0.6 is 0 Å². The van der Waals surface area contributed by atoms with Crippen molar-refractivity contribution in [2.24, 2.45) is 5.10 Å². The van der Waals surface area contributed by atoms with Gasteiger partial charge in [0, 0.05) is 13.1 Å².